The van der Waals surface area contributed by atoms with Gasteiger partial charge in [0.25, 0.3) is 0 Å². The number of nitrogens with one attached hydrogen (secondary N) is 1. The molecule has 1 unspecified atom stereocenters. The van der Waals surface area contributed by atoms with Crippen molar-refractivity contribution in [3.8, 4) is 0 Å². The summed E-state index contributed by atoms with van der Waals surface area (Å²) in [4.78, 5) is 2.53. The van der Waals surface area contributed by atoms with E-state index in [9.17, 15) is 0 Å². The molecule has 1 aliphatic rings. The third-order valence-corrected chi connectivity index (χ3v) is 2.72. The van der Waals surface area contributed by atoms with Gasteiger partial charge in [-0.15, -0.1) is 0 Å². The molecule has 0 aromatic heterocycles. The highest BCUT2D eigenvalue weighted by Crippen LogP contribution is 2.06. The van der Waals surface area contributed by atoms with Crippen LogP contribution in [0.5, 0.6) is 0 Å². The molecule has 0 aliphatic carbocycles. The summed E-state index contributed by atoms with van der Waals surface area (Å²) < 4.78 is 0. The zero-order valence-electron chi connectivity index (χ0n) is 8.89. The predicted octanol–water partition coefficient (Wildman–Crippen LogP) is 1.67. The molecule has 0 aromatic rings. The average Bonchev–Trinajstić information content (AvgIpc) is 2.16. The van der Waals surface area contributed by atoms with Crippen LogP contribution in [0.4, 0.5) is 0 Å². The molecule has 1 saturated heterocycles. The Morgan fingerprint density at radius 1 is 1.54 bits per heavy atom. The zero-order valence-corrected chi connectivity index (χ0v) is 8.89. The third-order valence-electron chi connectivity index (χ3n) is 2.72. The predicted molar refractivity (Wildman–Crippen MR) is 57.7 cm³/mol. The Labute approximate surface area is 82.7 Å². The summed E-state index contributed by atoms with van der Waals surface area (Å²) in [7, 11) is 0. The fraction of sp³-hybridized carbons (Fsp3) is 0.909. The minimum absolute atomic E-state index is 0.736. The van der Waals surface area contributed by atoms with E-state index in [0.717, 1.165) is 19.0 Å². The zero-order chi connectivity index (χ0) is 9.52. The van der Waals surface area contributed by atoms with Crippen LogP contribution in [0.2, 0.25) is 0 Å². The van der Waals surface area contributed by atoms with Gasteiger partial charge in [0.15, 0.2) is 0 Å². The molecule has 1 heterocycles. The van der Waals surface area contributed by atoms with Crippen LogP contribution in [0, 0.1) is 6.92 Å². The highest BCUT2D eigenvalue weighted by Gasteiger charge is 2.17. The Morgan fingerprint density at radius 2 is 2.38 bits per heavy atom. The van der Waals surface area contributed by atoms with Crippen molar-refractivity contribution in [2.24, 2.45) is 0 Å². The number of piperazine rings is 1. The van der Waals surface area contributed by atoms with Crippen LogP contribution in [-0.4, -0.2) is 37.1 Å². The molecule has 0 aromatic carbocycles. The summed E-state index contributed by atoms with van der Waals surface area (Å²) in [6.45, 7) is 10.9. The number of nitrogens with zero attached hydrogens (tertiary/aromatic N) is 1. The van der Waals surface area contributed by atoms with Crippen LogP contribution < -0.4 is 5.32 Å². The second kappa shape index (κ2) is 6.39. The van der Waals surface area contributed by atoms with Gasteiger partial charge < -0.3 is 10.2 Å². The molecule has 1 fully saturated rings. The first-order chi connectivity index (χ1) is 6.36. The van der Waals surface area contributed by atoms with Gasteiger partial charge in [0.05, 0.1) is 0 Å². The van der Waals surface area contributed by atoms with E-state index in [-0.39, 0.29) is 0 Å². The van der Waals surface area contributed by atoms with Gasteiger partial charge >= 0.3 is 0 Å². The van der Waals surface area contributed by atoms with E-state index in [1.165, 1.54) is 38.9 Å². The van der Waals surface area contributed by atoms with E-state index in [0.29, 0.717) is 0 Å². The molecule has 13 heavy (non-hydrogen) atoms. The lowest BCUT2D eigenvalue weighted by Crippen LogP contribution is -2.50. The van der Waals surface area contributed by atoms with E-state index in [1.807, 2.05) is 0 Å². The standard InChI is InChI=1S/C11H23N2/c1-3-5-6-11-10-13(8-4-2)9-7-12-11/h11-12H,2-10H2,1H3. The van der Waals surface area contributed by atoms with E-state index in [4.69, 9.17) is 0 Å². The summed E-state index contributed by atoms with van der Waals surface area (Å²) in [6, 6.07) is 0.736. The third kappa shape index (κ3) is 4.10. The van der Waals surface area contributed by atoms with Gasteiger partial charge in [0, 0.05) is 25.7 Å². The molecule has 0 bridgehead atoms. The lowest BCUT2D eigenvalue weighted by Gasteiger charge is -2.33. The molecule has 2 nitrogen and oxygen atoms in total. The SMILES string of the molecule is [CH2]CCN1CCNC(CCCC)C1. The van der Waals surface area contributed by atoms with Crippen molar-refractivity contribution < 1.29 is 0 Å². The van der Waals surface area contributed by atoms with Gasteiger partial charge in [0.1, 0.15) is 0 Å². The van der Waals surface area contributed by atoms with Gasteiger partial charge in [-0.05, 0) is 19.4 Å². The molecule has 1 atom stereocenters. The smallest absolute Gasteiger partial charge is 0.0195 e. The van der Waals surface area contributed by atoms with Crippen molar-refractivity contribution in [3.63, 3.8) is 0 Å². The van der Waals surface area contributed by atoms with Crippen LogP contribution in [0.15, 0.2) is 0 Å². The Bertz CT molecular complexity index is 123. The normalized spacial score (nSPS) is 24.9. The lowest BCUT2D eigenvalue weighted by molar-refractivity contribution is 0.196. The van der Waals surface area contributed by atoms with Gasteiger partial charge in [-0.25, -0.2) is 0 Å². The Kier molecular flexibility index (Phi) is 5.40. The van der Waals surface area contributed by atoms with Crippen molar-refractivity contribution in [1.29, 1.82) is 0 Å². The van der Waals surface area contributed by atoms with Crippen molar-refractivity contribution in [3.05, 3.63) is 6.92 Å². The maximum atomic E-state index is 3.90. The first-order valence-electron chi connectivity index (χ1n) is 5.61. The lowest BCUT2D eigenvalue weighted by atomic mass is 10.1. The molecule has 2 heteroatoms. The summed E-state index contributed by atoms with van der Waals surface area (Å²) in [5.41, 5.74) is 0. The minimum atomic E-state index is 0.736. The molecule has 1 radical (unpaired) electrons. The first kappa shape index (κ1) is 11.0. The topological polar surface area (TPSA) is 15.3 Å². The molecule has 77 valence electrons. The largest absolute Gasteiger partial charge is 0.311 e. The molecule has 1 rings (SSSR count). The van der Waals surface area contributed by atoms with Crippen LogP contribution in [0.1, 0.15) is 32.6 Å². The molecular weight excluding hydrogens is 160 g/mol. The maximum Gasteiger partial charge on any atom is 0.0195 e. The molecule has 1 N–H and O–H groups in total. The molecule has 0 amide bonds. The second-order valence-corrected chi connectivity index (χ2v) is 3.95. The molecular formula is C11H23N2. The van der Waals surface area contributed by atoms with Crippen LogP contribution in [-0.2, 0) is 0 Å². The van der Waals surface area contributed by atoms with Gasteiger partial charge in [-0.3, -0.25) is 0 Å². The van der Waals surface area contributed by atoms with E-state index >= 15 is 0 Å². The highest BCUT2D eigenvalue weighted by atomic mass is 15.2. The fourth-order valence-electron chi connectivity index (χ4n) is 1.96. The molecule has 1 aliphatic heterocycles. The van der Waals surface area contributed by atoms with Crippen molar-refractivity contribution in [2.45, 2.75) is 38.6 Å². The highest BCUT2D eigenvalue weighted by molar-refractivity contribution is 4.78. The fourth-order valence-corrected chi connectivity index (χ4v) is 1.96. The van der Waals surface area contributed by atoms with Crippen molar-refractivity contribution >= 4 is 0 Å². The quantitative estimate of drug-likeness (QED) is 0.697. The van der Waals surface area contributed by atoms with Crippen LogP contribution in [0.25, 0.3) is 0 Å². The average molecular weight is 183 g/mol. The number of hydrogen-bond acceptors (Lipinski definition) is 2. The van der Waals surface area contributed by atoms with E-state index in [2.05, 4.69) is 24.1 Å². The molecule has 0 spiro atoms. The Morgan fingerprint density at radius 3 is 3.08 bits per heavy atom. The van der Waals surface area contributed by atoms with Gasteiger partial charge in [0.2, 0.25) is 0 Å². The maximum absolute atomic E-state index is 3.90. The monoisotopic (exact) mass is 183 g/mol. The number of rotatable bonds is 5. The Hall–Kier alpha value is -0.0800. The molecule has 0 saturated carbocycles. The minimum Gasteiger partial charge on any atom is -0.311 e. The summed E-state index contributed by atoms with van der Waals surface area (Å²) in [6.07, 6.45) is 5.05. The van der Waals surface area contributed by atoms with E-state index < -0.39 is 0 Å². The van der Waals surface area contributed by atoms with Crippen molar-refractivity contribution in [1.82, 2.24) is 10.2 Å². The van der Waals surface area contributed by atoms with Gasteiger partial charge in [-0.2, -0.15) is 0 Å². The van der Waals surface area contributed by atoms with Crippen LogP contribution >= 0.6 is 0 Å². The second-order valence-electron chi connectivity index (χ2n) is 3.95. The van der Waals surface area contributed by atoms with Crippen LogP contribution in [0.3, 0.4) is 0 Å². The number of hydrogen-bond donors (Lipinski definition) is 1. The summed E-state index contributed by atoms with van der Waals surface area (Å²) in [5, 5.41) is 3.58. The Balaban J connectivity index is 2.16. The summed E-state index contributed by atoms with van der Waals surface area (Å²) in [5.74, 6) is 0. The van der Waals surface area contributed by atoms with Crippen molar-refractivity contribution in [2.75, 3.05) is 26.2 Å². The summed E-state index contributed by atoms with van der Waals surface area (Å²) >= 11 is 0. The van der Waals surface area contributed by atoms with Gasteiger partial charge in [-0.1, -0.05) is 26.7 Å². The van der Waals surface area contributed by atoms with E-state index in [1.54, 1.807) is 0 Å². The first-order valence-corrected chi connectivity index (χ1v) is 5.61. The number of unbranched alkanes of at least 4 members (excludes halogenated alkanes) is 1.